The molecule has 3 aliphatic rings. The Morgan fingerprint density at radius 1 is 0.879 bits per heavy atom. The van der Waals surface area contributed by atoms with Gasteiger partial charge in [0.1, 0.15) is 6.61 Å². The Kier molecular flexibility index (Phi) is 6.03. The fourth-order valence-corrected chi connectivity index (χ4v) is 5.27. The van der Waals surface area contributed by atoms with E-state index in [-0.39, 0.29) is 42.8 Å². The van der Waals surface area contributed by atoms with E-state index in [1.165, 1.54) is 5.56 Å². The average Bonchev–Trinajstić information content (AvgIpc) is 3.47. The molecule has 3 aliphatic heterocycles. The Bertz CT molecular complexity index is 1030. The number of carbonyl (C=O) groups is 3. The number of nitrogens with zero attached hydrogens (tertiary/aromatic N) is 3. The summed E-state index contributed by atoms with van der Waals surface area (Å²) >= 11 is 0. The largest absolute Gasteiger partial charge is 0.447 e. The second-order valence-electron chi connectivity index (χ2n) is 8.95. The minimum Gasteiger partial charge on any atom is -0.447 e. The molecule has 3 amide bonds. The molecule has 0 radical (unpaired) electrons. The summed E-state index contributed by atoms with van der Waals surface area (Å²) < 4.78 is 5.36. The van der Waals surface area contributed by atoms with Crippen LogP contribution in [-0.2, 0) is 20.7 Å². The Hall–Kier alpha value is -3.35. The molecule has 7 nitrogen and oxygen atoms in total. The number of benzene rings is 2. The molecular formula is C26H29N3O4. The highest BCUT2D eigenvalue weighted by molar-refractivity contribution is 5.97. The zero-order valence-corrected chi connectivity index (χ0v) is 18.7. The summed E-state index contributed by atoms with van der Waals surface area (Å²) in [4.78, 5) is 43.5. The first-order valence-electron chi connectivity index (χ1n) is 11.8. The molecule has 2 saturated heterocycles. The number of hydrogen-bond acceptors (Lipinski definition) is 4. The van der Waals surface area contributed by atoms with Crippen molar-refractivity contribution in [3.63, 3.8) is 0 Å². The van der Waals surface area contributed by atoms with Gasteiger partial charge in [-0.05, 0) is 36.5 Å². The van der Waals surface area contributed by atoms with E-state index in [4.69, 9.17) is 4.74 Å². The molecule has 0 N–H and O–H groups in total. The molecule has 5 rings (SSSR count). The Labute approximate surface area is 193 Å². The van der Waals surface area contributed by atoms with Crippen molar-refractivity contribution in [1.29, 1.82) is 0 Å². The number of likely N-dealkylation sites (tertiary alicyclic amines) is 1. The summed E-state index contributed by atoms with van der Waals surface area (Å²) in [6, 6.07) is 17.9. The van der Waals surface area contributed by atoms with E-state index in [0.29, 0.717) is 26.2 Å². The number of hydrogen-bond donors (Lipinski definition) is 0. The summed E-state index contributed by atoms with van der Waals surface area (Å²) in [5.74, 6) is 0.0200. The maximum atomic E-state index is 12.8. The smallest absolute Gasteiger partial charge is 0.410 e. The van der Waals surface area contributed by atoms with Gasteiger partial charge >= 0.3 is 6.09 Å². The number of carbonyl (C=O) groups excluding carboxylic acids is 3. The third-order valence-corrected chi connectivity index (χ3v) is 7.05. The Balaban J connectivity index is 1.13. The van der Waals surface area contributed by atoms with Crippen LogP contribution < -0.4 is 4.90 Å². The van der Waals surface area contributed by atoms with Gasteiger partial charge in [0.05, 0.1) is 6.04 Å². The number of rotatable bonds is 5. The van der Waals surface area contributed by atoms with Crippen LogP contribution in [0.25, 0.3) is 0 Å². The lowest BCUT2D eigenvalue weighted by molar-refractivity contribution is -0.134. The molecule has 2 aromatic carbocycles. The third-order valence-electron chi connectivity index (χ3n) is 7.05. The predicted octanol–water partition coefficient (Wildman–Crippen LogP) is 3.54. The van der Waals surface area contributed by atoms with Crippen LogP contribution in [0.2, 0.25) is 0 Å². The van der Waals surface area contributed by atoms with Crippen molar-refractivity contribution >= 4 is 23.6 Å². The first kappa shape index (κ1) is 21.5. The molecule has 172 valence electrons. The summed E-state index contributed by atoms with van der Waals surface area (Å²) in [7, 11) is 0. The lowest BCUT2D eigenvalue weighted by Crippen LogP contribution is -2.48. The number of piperidine rings is 1. The minimum absolute atomic E-state index is 0.00806. The molecule has 2 fully saturated rings. The molecule has 0 bridgehead atoms. The minimum atomic E-state index is -0.273. The first-order valence-corrected chi connectivity index (χ1v) is 11.8. The predicted molar refractivity (Wildman–Crippen MR) is 124 cm³/mol. The molecular weight excluding hydrogens is 418 g/mol. The van der Waals surface area contributed by atoms with Crippen LogP contribution in [0.4, 0.5) is 10.5 Å². The van der Waals surface area contributed by atoms with Gasteiger partial charge in [0.15, 0.2) is 0 Å². The third kappa shape index (κ3) is 4.32. The highest BCUT2D eigenvalue weighted by Crippen LogP contribution is 2.33. The van der Waals surface area contributed by atoms with Crippen LogP contribution >= 0.6 is 0 Å². The molecule has 0 spiro atoms. The van der Waals surface area contributed by atoms with Crippen LogP contribution in [0.3, 0.4) is 0 Å². The van der Waals surface area contributed by atoms with Gasteiger partial charge in [-0.15, -0.1) is 0 Å². The summed E-state index contributed by atoms with van der Waals surface area (Å²) in [5.41, 5.74) is 3.23. The van der Waals surface area contributed by atoms with E-state index in [2.05, 4.69) is 6.07 Å². The number of para-hydroxylation sites is 1. The van der Waals surface area contributed by atoms with Crippen molar-refractivity contribution in [3.05, 3.63) is 65.7 Å². The zero-order valence-electron chi connectivity index (χ0n) is 18.7. The maximum Gasteiger partial charge on any atom is 0.410 e. The molecule has 3 heterocycles. The molecule has 1 atom stereocenters. The van der Waals surface area contributed by atoms with Gasteiger partial charge < -0.3 is 14.5 Å². The number of ether oxygens (including phenoxy) is 1. The van der Waals surface area contributed by atoms with E-state index in [0.717, 1.165) is 30.5 Å². The van der Waals surface area contributed by atoms with Crippen LogP contribution in [0, 0.1) is 0 Å². The number of amides is 3. The van der Waals surface area contributed by atoms with E-state index in [1.807, 2.05) is 58.3 Å². The van der Waals surface area contributed by atoms with Gasteiger partial charge in [-0.3, -0.25) is 14.5 Å². The van der Waals surface area contributed by atoms with E-state index in [9.17, 15) is 14.4 Å². The van der Waals surface area contributed by atoms with E-state index in [1.54, 1.807) is 4.90 Å². The second kappa shape index (κ2) is 9.25. The maximum absolute atomic E-state index is 12.8. The van der Waals surface area contributed by atoms with Crippen molar-refractivity contribution < 1.29 is 19.1 Å². The lowest BCUT2D eigenvalue weighted by atomic mass is 9.99. The lowest BCUT2D eigenvalue weighted by Gasteiger charge is -2.38. The highest BCUT2D eigenvalue weighted by atomic mass is 16.6. The average molecular weight is 448 g/mol. The summed E-state index contributed by atoms with van der Waals surface area (Å²) in [6.45, 7) is 2.24. The van der Waals surface area contributed by atoms with Crippen LogP contribution in [0.1, 0.15) is 42.9 Å². The van der Waals surface area contributed by atoms with Crippen molar-refractivity contribution in [1.82, 2.24) is 9.80 Å². The normalized spacial score (nSPS) is 20.7. The zero-order chi connectivity index (χ0) is 22.8. The van der Waals surface area contributed by atoms with Gasteiger partial charge in [0, 0.05) is 44.2 Å². The highest BCUT2D eigenvalue weighted by Gasteiger charge is 2.40. The van der Waals surface area contributed by atoms with Crippen LogP contribution in [-0.4, -0.2) is 60.0 Å². The molecule has 0 aromatic heterocycles. The Morgan fingerprint density at radius 3 is 2.36 bits per heavy atom. The molecule has 0 aliphatic carbocycles. The van der Waals surface area contributed by atoms with Crippen LogP contribution in [0.15, 0.2) is 54.6 Å². The fraction of sp³-hybridized carbons (Fsp3) is 0.423. The van der Waals surface area contributed by atoms with Gasteiger partial charge in [-0.2, -0.15) is 0 Å². The van der Waals surface area contributed by atoms with Crippen molar-refractivity contribution in [3.8, 4) is 0 Å². The summed E-state index contributed by atoms with van der Waals surface area (Å²) in [5, 5.41) is 0. The van der Waals surface area contributed by atoms with Gasteiger partial charge in [0.2, 0.25) is 11.8 Å². The standard InChI is InChI=1S/C26H29N3O4/c30-24(10-11-25(31)28-17-12-20-8-4-5-9-22(20)28)27-15-13-21(14-16-27)29-23(18-33-26(29)32)19-6-2-1-3-7-19/h1-9,21,23H,10-18H2. The molecule has 1 unspecified atom stereocenters. The first-order chi connectivity index (χ1) is 16.1. The Morgan fingerprint density at radius 2 is 1.58 bits per heavy atom. The van der Waals surface area contributed by atoms with Gasteiger partial charge in [-0.25, -0.2) is 4.79 Å². The molecule has 0 saturated carbocycles. The summed E-state index contributed by atoms with van der Waals surface area (Å²) in [6.07, 6.45) is 2.48. The topological polar surface area (TPSA) is 70.2 Å². The molecule has 2 aromatic rings. The van der Waals surface area contributed by atoms with Crippen molar-refractivity contribution in [2.45, 2.75) is 44.2 Å². The number of cyclic esters (lactones) is 1. The molecule has 7 heteroatoms. The SMILES string of the molecule is O=C(CCC(=O)N1CCc2ccccc21)N1CCC(N2C(=O)OCC2c2ccccc2)CC1. The fourth-order valence-electron chi connectivity index (χ4n) is 5.27. The van der Waals surface area contributed by atoms with E-state index >= 15 is 0 Å². The van der Waals surface area contributed by atoms with Crippen LogP contribution in [0.5, 0.6) is 0 Å². The van der Waals surface area contributed by atoms with Gasteiger partial charge in [0.25, 0.3) is 0 Å². The monoisotopic (exact) mass is 447 g/mol. The molecule has 33 heavy (non-hydrogen) atoms. The van der Waals surface area contributed by atoms with E-state index < -0.39 is 0 Å². The second-order valence-corrected chi connectivity index (χ2v) is 8.95. The van der Waals surface area contributed by atoms with Gasteiger partial charge in [-0.1, -0.05) is 48.5 Å². The number of anilines is 1. The van der Waals surface area contributed by atoms with Crippen molar-refractivity contribution in [2.24, 2.45) is 0 Å². The quantitative estimate of drug-likeness (QED) is 0.703. The van der Waals surface area contributed by atoms with Crippen molar-refractivity contribution in [2.75, 3.05) is 31.1 Å². The number of fused-ring (bicyclic) bond motifs is 1.